The molecule has 0 N–H and O–H groups in total. The summed E-state index contributed by atoms with van der Waals surface area (Å²) in [6, 6.07) is 9.99. The minimum absolute atomic E-state index is 0.316. The molecule has 8 nitrogen and oxygen atoms in total. The Labute approximate surface area is 168 Å². The fourth-order valence-corrected chi connectivity index (χ4v) is 4.19. The highest BCUT2D eigenvalue weighted by atomic mass is 16.5. The predicted molar refractivity (Wildman–Crippen MR) is 107 cm³/mol. The third-order valence-electron chi connectivity index (χ3n) is 5.74. The summed E-state index contributed by atoms with van der Waals surface area (Å²) >= 11 is 0. The van der Waals surface area contributed by atoms with Gasteiger partial charge in [-0.15, -0.1) is 15.3 Å². The van der Waals surface area contributed by atoms with Crippen LogP contribution in [0.4, 0.5) is 0 Å². The summed E-state index contributed by atoms with van der Waals surface area (Å²) < 4.78 is 9.73. The maximum absolute atomic E-state index is 6.21. The van der Waals surface area contributed by atoms with Gasteiger partial charge in [0.15, 0.2) is 17.3 Å². The fourth-order valence-electron chi connectivity index (χ4n) is 4.19. The molecular weight excluding hydrogens is 366 g/mol. The topological polar surface area (TPSA) is 83.0 Å². The zero-order valence-corrected chi connectivity index (χ0v) is 16.6. The van der Waals surface area contributed by atoms with Crippen molar-refractivity contribution in [2.45, 2.75) is 45.1 Å². The average molecular weight is 389 g/mol. The van der Waals surface area contributed by atoms with Crippen LogP contribution in [0.15, 0.2) is 36.7 Å². The molecule has 0 spiro atoms. The van der Waals surface area contributed by atoms with Crippen molar-refractivity contribution in [3.8, 4) is 17.3 Å². The highest BCUT2D eigenvalue weighted by molar-refractivity contribution is 5.62. The zero-order chi connectivity index (χ0) is 19.8. The molecule has 0 bridgehead atoms. The first-order valence-corrected chi connectivity index (χ1v) is 9.99. The molecule has 1 fully saturated rings. The first-order chi connectivity index (χ1) is 14.2. The van der Waals surface area contributed by atoms with Gasteiger partial charge in [-0.05, 0) is 25.7 Å². The van der Waals surface area contributed by atoms with Crippen molar-refractivity contribution in [1.29, 1.82) is 0 Å². The van der Waals surface area contributed by atoms with Gasteiger partial charge in [0.2, 0.25) is 5.88 Å². The van der Waals surface area contributed by atoms with Crippen LogP contribution in [0.5, 0.6) is 5.88 Å². The Kier molecular flexibility index (Phi) is 4.46. The molecule has 0 saturated heterocycles. The van der Waals surface area contributed by atoms with Crippen LogP contribution in [0.2, 0.25) is 0 Å². The molecule has 0 radical (unpaired) electrons. The van der Waals surface area contributed by atoms with E-state index in [9.17, 15) is 0 Å². The first kappa shape index (κ1) is 17.8. The zero-order valence-electron chi connectivity index (χ0n) is 16.6. The summed E-state index contributed by atoms with van der Waals surface area (Å²) in [5.74, 6) is 2.56. The number of fused-ring (bicyclic) bond motifs is 1. The predicted octanol–water partition coefficient (Wildman–Crippen LogP) is 3.46. The lowest BCUT2D eigenvalue weighted by molar-refractivity contribution is 0.269. The molecule has 1 aliphatic carbocycles. The summed E-state index contributed by atoms with van der Waals surface area (Å²) in [6.45, 7) is 2.42. The van der Waals surface area contributed by atoms with E-state index >= 15 is 0 Å². The van der Waals surface area contributed by atoms with E-state index in [4.69, 9.17) is 9.84 Å². The van der Waals surface area contributed by atoms with Gasteiger partial charge in [-0.3, -0.25) is 4.68 Å². The molecular formula is C21H23N7O. The van der Waals surface area contributed by atoms with Gasteiger partial charge in [-0.1, -0.05) is 43.2 Å². The molecule has 4 aromatic rings. The van der Waals surface area contributed by atoms with Crippen LogP contribution in [0.1, 0.15) is 48.6 Å². The Morgan fingerprint density at radius 1 is 1.10 bits per heavy atom. The molecule has 3 aromatic heterocycles. The highest BCUT2D eigenvalue weighted by Crippen LogP contribution is 2.41. The number of benzene rings is 1. The average Bonchev–Trinajstić information content (AvgIpc) is 3.48. The monoisotopic (exact) mass is 389 g/mol. The number of hydrogen-bond donors (Lipinski definition) is 0. The molecule has 0 atom stereocenters. The lowest BCUT2D eigenvalue weighted by atomic mass is 9.95. The minimum Gasteiger partial charge on any atom is -0.468 e. The molecule has 1 aromatic carbocycles. The molecule has 0 aliphatic heterocycles. The van der Waals surface area contributed by atoms with Crippen LogP contribution in [0, 0.1) is 6.92 Å². The Balaban J connectivity index is 1.63. The van der Waals surface area contributed by atoms with Gasteiger partial charge in [0.05, 0.1) is 0 Å². The van der Waals surface area contributed by atoms with E-state index in [1.807, 2.05) is 37.4 Å². The number of rotatable bonds is 5. The van der Waals surface area contributed by atoms with Crippen molar-refractivity contribution >= 4 is 5.65 Å². The molecule has 5 rings (SSSR count). The molecule has 1 saturated carbocycles. The molecule has 148 valence electrons. The first-order valence-electron chi connectivity index (χ1n) is 9.99. The van der Waals surface area contributed by atoms with Crippen LogP contribution in [-0.4, -0.2) is 34.6 Å². The van der Waals surface area contributed by atoms with Crippen LogP contribution in [0.3, 0.4) is 0 Å². The molecule has 3 heterocycles. The summed E-state index contributed by atoms with van der Waals surface area (Å²) in [6.07, 6.45) is 6.31. The fraction of sp³-hybridized carbons (Fsp3) is 0.381. The van der Waals surface area contributed by atoms with Gasteiger partial charge in [-0.2, -0.15) is 9.61 Å². The van der Waals surface area contributed by atoms with Crippen LogP contribution in [0.25, 0.3) is 17.0 Å². The Hall–Kier alpha value is -3.29. The highest BCUT2D eigenvalue weighted by Gasteiger charge is 2.27. The molecule has 29 heavy (non-hydrogen) atoms. The Morgan fingerprint density at radius 2 is 1.90 bits per heavy atom. The number of hydrogen-bond acceptors (Lipinski definition) is 6. The maximum atomic E-state index is 6.21. The molecule has 0 unspecified atom stereocenters. The lowest BCUT2D eigenvalue weighted by Crippen LogP contribution is -2.12. The number of aromatic nitrogens is 7. The van der Waals surface area contributed by atoms with Gasteiger partial charge in [-0.25, -0.2) is 4.98 Å². The van der Waals surface area contributed by atoms with E-state index in [0.29, 0.717) is 24.2 Å². The number of ether oxygens (including phenoxy) is 1. The summed E-state index contributed by atoms with van der Waals surface area (Å²) in [5, 5.41) is 17.9. The van der Waals surface area contributed by atoms with Crippen molar-refractivity contribution < 1.29 is 4.74 Å². The van der Waals surface area contributed by atoms with Gasteiger partial charge in [0, 0.05) is 23.7 Å². The smallest absolute Gasteiger partial charge is 0.236 e. The lowest BCUT2D eigenvalue weighted by Gasteiger charge is -2.18. The van der Waals surface area contributed by atoms with E-state index in [0.717, 1.165) is 41.0 Å². The van der Waals surface area contributed by atoms with Crippen LogP contribution in [-0.2, 0) is 13.7 Å². The van der Waals surface area contributed by atoms with E-state index in [2.05, 4.69) is 27.2 Å². The SMILES string of the molecule is Cc1c(C2CCCC2)c(OCc2ncnn2C)nn2c(-c3ccccc3)nnc12. The summed E-state index contributed by atoms with van der Waals surface area (Å²) in [5.41, 5.74) is 4.01. The number of aryl methyl sites for hydroxylation is 2. The summed E-state index contributed by atoms with van der Waals surface area (Å²) in [7, 11) is 1.86. The minimum atomic E-state index is 0.316. The Bertz CT molecular complexity index is 1140. The van der Waals surface area contributed by atoms with Crippen LogP contribution < -0.4 is 4.74 Å². The number of nitrogens with zero attached hydrogens (tertiary/aromatic N) is 7. The van der Waals surface area contributed by atoms with E-state index in [-0.39, 0.29) is 0 Å². The van der Waals surface area contributed by atoms with Gasteiger partial charge < -0.3 is 4.74 Å². The third-order valence-corrected chi connectivity index (χ3v) is 5.74. The standard InChI is InChI=1S/C21H23N7O/c1-14-18(15-8-6-7-9-15)21(29-12-17-22-13-23-27(17)2)26-28-19(14)24-25-20(28)16-10-4-3-5-11-16/h3-5,10-11,13,15H,6-9,12H2,1-2H3. The van der Waals surface area contributed by atoms with Crippen molar-refractivity contribution in [2.24, 2.45) is 7.05 Å². The van der Waals surface area contributed by atoms with E-state index in [1.54, 1.807) is 9.20 Å². The van der Waals surface area contributed by atoms with Gasteiger partial charge in [0.25, 0.3) is 0 Å². The van der Waals surface area contributed by atoms with Crippen molar-refractivity contribution in [3.63, 3.8) is 0 Å². The largest absolute Gasteiger partial charge is 0.468 e. The van der Waals surface area contributed by atoms with Gasteiger partial charge in [0.1, 0.15) is 12.9 Å². The van der Waals surface area contributed by atoms with Crippen LogP contribution >= 0.6 is 0 Å². The second-order valence-corrected chi connectivity index (χ2v) is 7.54. The second kappa shape index (κ2) is 7.27. The molecule has 1 aliphatic rings. The third kappa shape index (κ3) is 3.14. The van der Waals surface area contributed by atoms with E-state index < -0.39 is 0 Å². The van der Waals surface area contributed by atoms with Crippen molar-refractivity contribution in [2.75, 3.05) is 0 Å². The summed E-state index contributed by atoms with van der Waals surface area (Å²) in [4.78, 5) is 4.27. The normalized spacial score (nSPS) is 14.7. The van der Waals surface area contributed by atoms with Crippen molar-refractivity contribution in [1.82, 2.24) is 34.6 Å². The second-order valence-electron chi connectivity index (χ2n) is 7.54. The van der Waals surface area contributed by atoms with Crippen molar-refractivity contribution in [3.05, 3.63) is 53.6 Å². The maximum Gasteiger partial charge on any atom is 0.236 e. The Morgan fingerprint density at radius 3 is 2.62 bits per heavy atom. The molecule has 0 amide bonds. The van der Waals surface area contributed by atoms with Gasteiger partial charge >= 0.3 is 0 Å². The van der Waals surface area contributed by atoms with E-state index in [1.165, 1.54) is 19.2 Å². The molecule has 8 heteroatoms. The quantitative estimate of drug-likeness (QED) is 0.520.